The lowest BCUT2D eigenvalue weighted by atomic mass is 9.57. The van der Waals surface area contributed by atoms with Gasteiger partial charge in [-0.2, -0.15) is 0 Å². The molecule has 6 atom stereocenters. The molecule has 8 rings (SSSR count). The first-order chi connectivity index (χ1) is 23.7. The van der Waals surface area contributed by atoms with E-state index in [1.165, 1.54) is 9.80 Å². The Morgan fingerprint density at radius 3 is 1.80 bits per heavy atom. The molecule has 49 heavy (non-hydrogen) atoms. The van der Waals surface area contributed by atoms with E-state index in [1.807, 2.05) is 42.5 Å². The molecule has 0 aromatic heterocycles. The van der Waals surface area contributed by atoms with Crippen molar-refractivity contribution in [2.75, 3.05) is 13.1 Å². The van der Waals surface area contributed by atoms with E-state index in [4.69, 9.17) is 0 Å². The number of imide groups is 2. The second-order valence-corrected chi connectivity index (χ2v) is 13.7. The van der Waals surface area contributed by atoms with Gasteiger partial charge in [0.15, 0.2) is 0 Å². The van der Waals surface area contributed by atoms with Gasteiger partial charge >= 0.3 is 0 Å². The zero-order chi connectivity index (χ0) is 34.0. The Morgan fingerprint density at radius 1 is 0.592 bits per heavy atom. The molecule has 0 bridgehead atoms. The Bertz CT molecular complexity index is 2040. The molecular weight excluding hydrogens is 620 g/mol. The van der Waals surface area contributed by atoms with Gasteiger partial charge in [0.25, 0.3) is 0 Å². The lowest BCUT2D eigenvalue weighted by Gasteiger charge is -2.44. The Kier molecular flexibility index (Phi) is 7.50. The van der Waals surface area contributed by atoms with Gasteiger partial charge < -0.3 is 15.3 Å². The molecular formula is C40H36N2O7. The quantitative estimate of drug-likeness (QED) is 0.187. The summed E-state index contributed by atoms with van der Waals surface area (Å²) in [5, 5.41) is 32.6. The highest BCUT2D eigenvalue weighted by molar-refractivity contribution is 6.08. The topological polar surface area (TPSA) is 135 Å². The SMILES string of the molecule is O=C1[C@H]2[C@H](CC=C3[C@H]2C[C@H]2C(=O)N(CCc4ccc(O)cc4)C(=O)[C@H]2[C@H]3c2ccc3ccccc3c2O)C(=O)N1CCc1ccc(O)cc1. The van der Waals surface area contributed by atoms with Gasteiger partial charge in [-0.05, 0) is 72.4 Å². The highest BCUT2D eigenvalue weighted by atomic mass is 16.3. The predicted molar refractivity (Wildman–Crippen MR) is 180 cm³/mol. The van der Waals surface area contributed by atoms with Crippen molar-refractivity contribution >= 4 is 34.4 Å². The van der Waals surface area contributed by atoms with Gasteiger partial charge in [0, 0.05) is 30.0 Å². The van der Waals surface area contributed by atoms with E-state index in [0.29, 0.717) is 30.2 Å². The zero-order valence-electron chi connectivity index (χ0n) is 26.7. The minimum absolute atomic E-state index is 0.0534. The first kappa shape index (κ1) is 30.9. The van der Waals surface area contributed by atoms with E-state index in [9.17, 15) is 34.5 Å². The van der Waals surface area contributed by atoms with Gasteiger partial charge in [0.2, 0.25) is 23.6 Å². The molecule has 4 aliphatic rings. The number of carbonyl (C=O) groups is 4. The molecule has 3 fully saturated rings. The summed E-state index contributed by atoms with van der Waals surface area (Å²) in [5.41, 5.74) is 3.15. The molecule has 4 amide bonds. The number of benzene rings is 4. The first-order valence-electron chi connectivity index (χ1n) is 16.9. The van der Waals surface area contributed by atoms with Crippen LogP contribution in [0.1, 0.15) is 35.4 Å². The van der Waals surface area contributed by atoms with E-state index < -0.39 is 35.5 Å². The maximum Gasteiger partial charge on any atom is 0.234 e. The summed E-state index contributed by atoms with van der Waals surface area (Å²) in [6.45, 7) is 0.380. The van der Waals surface area contributed by atoms with E-state index in [1.54, 1.807) is 48.5 Å². The molecule has 1 saturated carbocycles. The largest absolute Gasteiger partial charge is 0.508 e. The predicted octanol–water partition coefficient (Wildman–Crippen LogP) is 5.08. The van der Waals surface area contributed by atoms with Crippen LogP contribution in [0.5, 0.6) is 17.2 Å². The van der Waals surface area contributed by atoms with E-state index in [-0.39, 0.29) is 60.4 Å². The number of aromatic hydroxyl groups is 3. The molecule has 4 aromatic rings. The molecule has 9 heteroatoms. The number of phenols is 3. The number of allylic oxidation sites excluding steroid dienone is 2. The number of carbonyl (C=O) groups excluding carboxylic acids is 4. The summed E-state index contributed by atoms with van der Waals surface area (Å²) in [6, 6.07) is 24.6. The molecule has 9 nitrogen and oxygen atoms in total. The third kappa shape index (κ3) is 5.07. The minimum Gasteiger partial charge on any atom is -0.508 e. The molecule has 4 aromatic carbocycles. The summed E-state index contributed by atoms with van der Waals surface area (Å²) in [5.74, 6) is -4.50. The van der Waals surface area contributed by atoms with Crippen molar-refractivity contribution in [1.82, 2.24) is 9.80 Å². The highest BCUT2D eigenvalue weighted by Gasteiger charge is 2.62. The number of likely N-dealkylation sites (tertiary alicyclic amines) is 2. The van der Waals surface area contributed by atoms with Crippen LogP contribution in [0.4, 0.5) is 0 Å². The molecule has 0 spiro atoms. The van der Waals surface area contributed by atoms with Crippen LogP contribution in [-0.2, 0) is 32.0 Å². The van der Waals surface area contributed by atoms with Crippen LogP contribution in [0.15, 0.2) is 96.6 Å². The van der Waals surface area contributed by atoms with Crippen molar-refractivity contribution in [1.29, 1.82) is 0 Å². The van der Waals surface area contributed by atoms with Crippen LogP contribution in [0.2, 0.25) is 0 Å². The molecule has 2 aliphatic heterocycles. The molecule has 2 aliphatic carbocycles. The Hall–Kier alpha value is -5.44. The van der Waals surface area contributed by atoms with Crippen LogP contribution in [0, 0.1) is 29.6 Å². The number of rotatable bonds is 7. The van der Waals surface area contributed by atoms with Crippen LogP contribution >= 0.6 is 0 Å². The third-order valence-electron chi connectivity index (χ3n) is 11.2. The van der Waals surface area contributed by atoms with Gasteiger partial charge in [0.05, 0.1) is 23.7 Å². The summed E-state index contributed by atoms with van der Waals surface area (Å²) in [4.78, 5) is 59.0. The zero-order valence-corrected chi connectivity index (χ0v) is 26.7. The molecule has 2 saturated heterocycles. The molecule has 0 radical (unpaired) electrons. The van der Waals surface area contributed by atoms with Crippen LogP contribution in [0.25, 0.3) is 10.8 Å². The van der Waals surface area contributed by atoms with Crippen molar-refractivity contribution in [2.24, 2.45) is 29.6 Å². The number of phenolic OH excluding ortho intramolecular Hbond substituents is 3. The number of hydrogen-bond acceptors (Lipinski definition) is 7. The first-order valence-corrected chi connectivity index (χ1v) is 16.9. The maximum atomic E-state index is 14.3. The Labute approximate surface area is 283 Å². The number of hydrogen-bond donors (Lipinski definition) is 3. The number of fused-ring (bicyclic) bond motifs is 5. The van der Waals surface area contributed by atoms with Crippen molar-refractivity contribution in [3.8, 4) is 17.2 Å². The minimum atomic E-state index is -0.753. The summed E-state index contributed by atoms with van der Waals surface area (Å²) >= 11 is 0. The van der Waals surface area contributed by atoms with Gasteiger partial charge in [-0.25, -0.2) is 0 Å². The summed E-state index contributed by atoms with van der Waals surface area (Å²) < 4.78 is 0. The van der Waals surface area contributed by atoms with Gasteiger partial charge in [-0.15, -0.1) is 0 Å². The van der Waals surface area contributed by atoms with Crippen molar-refractivity contribution in [3.63, 3.8) is 0 Å². The summed E-state index contributed by atoms with van der Waals surface area (Å²) in [6.07, 6.45) is 3.47. The van der Waals surface area contributed by atoms with Gasteiger partial charge in [0.1, 0.15) is 17.2 Å². The normalized spacial score (nSPS) is 26.2. The van der Waals surface area contributed by atoms with Crippen molar-refractivity contribution < 1.29 is 34.5 Å². The smallest absolute Gasteiger partial charge is 0.234 e. The Morgan fingerprint density at radius 2 is 1.16 bits per heavy atom. The molecule has 0 unspecified atom stereocenters. The fourth-order valence-corrected chi connectivity index (χ4v) is 8.84. The number of nitrogens with zero attached hydrogens (tertiary/aromatic N) is 2. The lowest BCUT2D eigenvalue weighted by Crippen LogP contribution is -2.43. The van der Waals surface area contributed by atoms with E-state index in [0.717, 1.165) is 22.1 Å². The second-order valence-electron chi connectivity index (χ2n) is 13.7. The fourth-order valence-electron chi connectivity index (χ4n) is 8.84. The molecule has 2 heterocycles. The van der Waals surface area contributed by atoms with Crippen LogP contribution in [0.3, 0.4) is 0 Å². The maximum absolute atomic E-state index is 14.3. The Balaban J connectivity index is 1.15. The van der Waals surface area contributed by atoms with Crippen LogP contribution < -0.4 is 0 Å². The second kappa shape index (κ2) is 11.9. The van der Waals surface area contributed by atoms with E-state index in [2.05, 4.69) is 0 Å². The average Bonchev–Trinajstić information content (AvgIpc) is 3.50. The standard InChI is InChI=1S/C40H36N2O7/c43-25-10-5-22(6-11-25)17-19-41-37(46)30-16-15-28-31(34(30)39(41)48)21-32-35(33(28)29-14-9-24-3-1-2-4-27(24)36(29)45)40(49)42(38(32)47)20-18-23-7-12-26(44)13-8-23/h1-15,30-35,43-45H,16-21H2/t30-,31+,32+,33+,34-,35+/m0/s1. The lowest BCUT2D eigenvalue weighted by molar-refractivity contribution is -0.142. The average molecular weight is 657 g/mol. The van der Waals surface area contributed by atoms with Crippen molar-refractivity contribution in [3.05, 3.63) is 113 Å². The van der Waals surface area contributed by atoms with Gasteiger partial charge in [-0.3, -0.25) is 29.0 Å². The molecule has 248 valence electrons. The highest BCUT2D eigenvalue weighted by Crippen LogP contribution is 2.59. The third-order valence-corrected chi connectivity index (χ3v) is 11.2. The van der Waals surface area contributed by atoms with Crippen molar-refractivity contribution in [2.45, 2.75) is 31.6 Å². The van der Waals surface area contributed by atoms with E-state index >= 15 is 0 Å². The molecule has 3 N–H and O–H groups in total. The number of amides is 4. The summed E-state index contributed by atoms with van der Waals surface area (Å²) in [7, 11) is 0. The fraction of sp³-hybridized carbons (Fsp3) is 0.300. The van der Waals surface area contributed by atoms with Gasteiger partial charge in [-0.1, -0.05) is 72.3 Å². The monoisotopic (exact) mass is 656 g/mol. The van der Waals surface area contributed by atoms with Crippen LogP contribution in [-0.4, -0.2) is 61.8 Å².